The molecule has 0 aliphatic carbocycles. The first kappa shape index (κ1) is 16.7. The maximum absolute atomic E-state index is 9.26. The van der Waals surface area contributed by atoms with E-state index in [9.17, 15) is 5.11 Å². The molecule has 128 valence electrons. The van der Waals surface area contributed by atoms with Crippen LogP contribution in [0.1, 0.15) is 25.5 Å². The lowest BCUT2D eigenvalue weighted by Gasteiger charge is -2.35. The summed E-state index contributed by atoms with van der Waals surface area (Å²) in [5.74, 6) is 2.05. The van der Waals surface area contributed by atoms with Crippen LogP contribution in [0, 0.1) is 5.92 Å². The summed E-state index contributed by atoms with van der Waals surface area (Å²) in [6, 6.07) is 2.24. The lowest BCUT2D eigenvalue weighted by molar-refractivity contribution is 0.0962. The Morgan fingerprint density at radius 1 is 1.21 bits per heavy atom. The summed E-state index contributed by atoms with van der Waals surface area (Å²) >= 11 is 0. The minimum Gasteiger partial charge on any atom is -0.395 e. The van der Waals surface area contributed by atoms with Gasteiger partial charge in [-0.2, -0.15) is 0 Å². The Hall–Kier alpha value is -2.12. The third-order valence-corrected chi connectivity index (χ3v) is 4.58. The Labute approximate surface area is 142 Å². The number of nitrogens with zero attached hydrogens (tertiary/aromatic N) is 5. The summed E-state index contributed by atoms with van der Waals surface area (Å²) in [6.45, 7) is 4.40. The van der Waals surface area contributed by atoms with E-state index in [0.29, 0.717) is 11.7 Å². The van der Waals surface area contributed by atoms with Crippen molar-refractivity contribution in [3.8, 4) is 0 Å². The number of hydrogen-bond acceptors (Lipinski definition) is 7. The van der Waals surface area contributed by atoms with Gasteiger partial charge in [0.15, 0.2) is 0 Å². The van der Waals surface area contributed by atoms with Crippen molar-refractivity contribution >= 4 is 11.6 Å². The molecule has 0 unspecified atom stereocenters. The Morgan fingerprint density at radius 2 is 2.04 bits per heavy atom. The van der Waals surface area contributed by atoms with E-state index in [1.807, 2.05) is 6.07 Å². The average molecular weight is 328 g/mol. The normalized spacial score (nSPS) is 17.6. The summed E-state index contributed by atoms with van der Waals surface area (Å²) in [7, 11) is 0. The van der Waals surface area contributed by atoms with Crippen LogP contribution in [0.5, 0.6) is 0 Å². The molecule has 2 N–H and O–H groups in total. The number of aliphatic hydroxyl groups is 1. The molecule has 1 fully saturated rings. The third-order valence-electron chi connectivity index (χ3n) is 4.58. The highest BCUT2D eigenvalue weighted by molar-refractivity contribution is 5.49. The standard InChI is InChI=1S/C17H24N6O/c1-13(11-24)23-6-2-14(3-7-23)8-15-9-16(21-12-20-15)22-17-10-18-4-5-19-17/h4-5,9-10,12-14,24H,2-3,6-8,11H2,1H3,(H,19,20,21,22)/t13-/m1/s1. The zero-order chi connectivity index (χ0) is 16.8. The molecule has 7 nitrogen and oxygen atoms in total. The first-order valence-corrected chi connectivity index (χ1v) is 8.43. The van der Waals surface area contributed by atoms with E-state index in [0.717, 1.165) is 43.9 Å². The van der Waals surface area contributed by atoms with Crippen molar-refractivity contribution in [2.24, 2.45) is 5.92 Å². The van der Waals surface area contributed by atoms with Crippen molar-refractivity contribution in [2.45, 2.75) is 32.2 Å². The Bertz CT molecular complexity index is 630. The van der Waals surface area contributed by atoms with Gasteiger partial charge in [-0.25, -0.2) is 15.0 Å². The van der Waals surface area contributed by atoms with Gasteiger partial charge in [0, 0.05) is 30.2 Å². The molecule has 1 saturated heterocycles. The fraction of sp³-hybridized carbons (Fsp3) is 0.529. The van der Waals surface area contributed by atoms with E-state index in [-0.39, 0.29) is 12.6 Å². The zero-order valence-corrected chi connectivity index (χ0v) is 14.0. The predicted octanol–water partition coefficient (Wildman–Crippen LogP) is 1.65. The number of piperidine rings is 1. The van der Waals surface area contributed by atoms with E-state index in [1.54, 1.807) is 24.9 Å². The number of hydrogen-bond donors (Lipinski definition) is 2. The molecule has 0 amide bonds. The summed E-state index contributed by atoms with van der Waals surface area (Å²) in [5.41, 5.74) is 1.05. The fourth-order valence-electron chi connectivity index (χ4n) is 3.08. The molecule has 3 rings (SSSR count). The van der Waals surface area contributed by atoms with Crippen molar-refractivity contribution in [1.29, 1.82) is 0 Å². The summed E-state index contributed by atoms with van der Waals surface area (Å²) in [5, 5.41) is 12.4. The molecular formula is C17H24N6O. The SMILES string of the molecule is C[C@H](CO)N1CCC(Cc2cc(Nc3cnccn3)ncn2)CC1. The van der Waals surface area contributed by atoms with Crippen molar-refractivity contribution < 1.29 is 5.11 Å². The van der Waals surface area contributed by atoms with E-state index in [1.165, 1.54) is 0 Å². The van der Waals surface area contributed by atoms with Gasteiger partial charge in [0.05, 0.1) is 12.8 Å². The van der Waals surface area contributed by atoms with Crippen LogP contribution in [0.15, 0.2) is 31.0 Å². The molecule has 7 heteroatoms. The van der Waals surface area contributed by atoms with Gasteiger partial charge < -0.3 is 10.4 Å². The highest BCUT2D eigenvalue weighted by Crippen LogP contribution is 2.23. The van der Waals surface area contributed by atoms with Crippen molar-refractivity contribution in [1.82, 2.24) is 24.8 Å². The summed E-state index contributed by atoms with van der Waals surface area (Å²) in [6.07, 6.45) is 9.78. The van der Waals surface area contributed by atoms with Crippen LogP contribution >= 0.6 is 0 Å². The van der Waals surface area contributed by atoms with Crippen molar-refractivity contribution in [2.75, 3.05) is 25.0 Å². The van der Waals surface area contributed by atoms with Crippen LogP contribution in [0.3, 0.4) is 0 Å². The second kappa shape index (κ2) is 8.12. The third kappa shape index (κ3) is 4.46. The van der Waals surface area contributed by atoms with Gasteiger partial charge in [-0.3, -0.25) is 9.88 Å². The van der Waals surface area contributed by atoms with E-state index >= 15 is 0 Å². The van der Waals surface area contributed by atoms with Crippen molar-refractivity contribution in [3.05, 3.63) is 36.7 Å². The zero-order valence-electron chi connectivity index (χ0n) is 14.0. The highest BCUT2D eigenvalue weighted by atomic mass is 16.3. The lowest BCUT2D eigenvalue weighted by atomic mass is 9.91. The van der Waals surface area contributed by atoms with Crippen LogP contribution in [-0.2, 0) is 6.42 Å². The molecule has 1 atom stereocenters. The number of anilines is 2. The first-order chi connectivity index (χ1) is 11.7. The molecule has 2 aromatic rings. The largest absolute Gasteiger partial charge is 0.395 e. The van der Waals surface area contributed by atoms with Crippen LogP contribution < -0.4 is 5.32 Å². The van der Waals surface area contributed by atoms with Gasteiger partial charge in [-0.05, 0) is 45.2 Å². The van der Waals surface area contributed by atoms with E-state index in [2.05, 4.69) is 37.1 Å². The van der Waals surface area contributed by atoms with Crippen LogP contribution in [0.25, 0.3) is 0 Å². The molecule has 0 spiro atoms. The molecule has 1 aliphatic rings. The maximum Gasteiger partial charge on any atom is 0.150 e. The van der Waals surface area contributed by atoms with Gasteiger partial charge in [0.1, 0.15) is 18.0 Å². The predicted molar refractivity (Wildman–Crippen MR) is 91.9 cm³/mol. The van der Waals surface area contributed by atoms with Crippen LogP contribution in [-0.4, -0.2) is 55.7 Å². The molecule has 1 aliphatic heterocycles. The molecule has 3 heterocycles. The topological polar surface area (TPSA) is 87.1 Å². The number of rotatable bonds is 6. The average Bonchev–Trinajstić information content (AvgIpc) is 2.63. The van der Waals surface area contributed by atoms with Crippen molar-refractivity contribution in [3.63, 3.8) is 0 Å². The molecule has 2 aromatic heterocycles. The van der Waals surface area contributed by atoms with Crippen LogP contribution in [0.4, 0.5) is 11.6 Å². The number of likely N-dealkylation sites (tertiary alicyclic amines) is 1. The fourth-order valence-corrected chi connectivity index (χ4v) is 3.08. The molecule has 0 aromatic carbocycles. The number of aliphatic hydroxyl groups excluding tert-OH is 1. The summed E-state index contributed by atoms with van der Waals surface area (Å²) < 4.78 is 0. The quantitative estimate of drug-likeness (QED) is 0.833. The van der Waals surface area contributed by atoms with Gasteiger partial charge in [-0.15, -0.1) is 0 Å². The monoisotopic (exact) mass is 328 g/mol. The number of nitrogens with one attached hydrogen (secondary N) is 1. The molecule has 24 heavy (non-hydrogen) atoms. The molecule has 0 bridgehead atoms. The minimum atomic E-state index is 0.230. The molecule has 0 saturated carbocycles. The molecular weight excluding hydrogens is 304 g/mol. The van der Waals surface area contributed by atoms with E-state index < -0.39 is 0 Å². The molecule has 0 radical (unpaired) electrons. The van der Waals surface area contributed by atoms with Gasteiger partial charge >= 0.3 is 0 Å². The van der Waals surface area contributed by atoms with Gasteiger partial charge in [-0.1, -0.05) is 0 Å². The Balaban J connectivity index is 1.56. The Morgan fingerprint density at radius 3 is 2.75 bits per heavy atom. The second-order valence-corrected chi connectivity index (χ2v) is 6.33. The summed E-state index contributed by atoms with van der Waals surface area (Å²) in [4.78, 5) is 19.2. The van der Waals surface area contributed by atoms with E-state index in [4.69, 9.17) is 0 Å². The second-order valence-electron chi connectivity index (χ2n) is 6.33. The van der Waals surface area contributed by atoms with Gasteiger partial charge in [0.2, 0.25) is 0 Å². The smallest absolute Gasteiger partial charge is 0.150 e. The van der Waals surface area contributed by atoms with Crippen LogP contribution in [0.2, 0.25) is 0 Å². The highest BCUT2D eigenvalue weighted by Gasteiger charge is 2.22. The number of aromatic nitrogens is 4. The minimum absolute atomic E-state index is 0.230. The Kier molecular flexibility index (Phi) is 5.66. The first-order valence-electron chi connectivity index (χ1n) is 8.43. The van der Waals surface area contributed by atoms with Gasteiger partial charge in [0.25, 0.3) is 0 Å². The lowest BCUT2D eigenvalue weighted by Crippen LogP contribution is -2.42. The maximum atomic E-state index is 9.26.